The van der Waals surface area contributed by atoms with Gasteiger partial charge in [0.1, 0.15) is 5.60 Å². The third-order valence-electron chi connectivity index (χ3n) is 3.94. The standard InChI is InChI=1S/C18H21N3O3/c1-5-12-9-16(22)20(11-12)14-7-6-8-15-13(14)10-19-21(15)17(23)24-18(2,3)4/h5-8,10,12H,1,9,11H2,2-4H3. The fourth-order valence-corrected chi connectivity index (χ4v) is 2.85. The van der Waals surface area contributed by atoms with Crippen LogP contribution in [0.1, 0.15) is 27.2 Å². The number of hydrogen-bond acceptors (Lipinski definition) is 4. The van der Waals surface area contributed by atoms with E-state index in [0.717, 1.165) is 11.1 Å². The molecule has 1 saturated heterocycles. The number of carbonyl (C=O) groups is 2. The van der Waals surface area contributed by atoms with Gasteiger partial charge < -0.3 is 9.64 Å². The minimum atomic E-state index is -0.602. The number of nitrogens with zero attached hydrogens (tertiary/aromatic N) is 3. The maximum atomic E-state index is 12.3. The van der Waals surface area contributed by atoms with E-state index in [1.807, 2.05) is 18.2 Å². The molecule has 1 aliphatic heterocycles. The second kappa shape index (κ2) is 5.78. The predicted molar refractivity (Wildman–Crippen MR) is 92.0 cm³/mol. The van der Waals surface area contributed by atoms with E-state index in [4.69, 9.17) is 4.74 Å². The molecule has 0 saturated carbocycles. The quantitative estimate of drug-likeness (QED) is 0.793. The van der Waals surface area contributed by atoms with Crippen LogP contribution in [0.3, 0.4) is 0 Å². The molecule has 0 bridgehead atoms. The molecule has 0 radical (unpaired) electrons. The minimum Gasteiger partial charge on any atom is -0.442 e. The van der Waals surface area contributed by atoms with Gasteiger partial charge in [0, 0.05) is 24.3 Å². The molecule has 1 atom stereocenters. The van der Waals surface area contributed by atoms with Gasteiger partial charge in [0.25, 0.3) is 0 Å². The number of rotatable bonds is 2. The Morgan fingerprint density at radius 2 is 2.17 bits per heavy atom. The molecule has 0 spiro atoms. The zero-order valence-electron chi connectivity index (χ0n) is 14.2. The van der Waals surface area contributed by atoms with Gasteiger partial charge in [-0.1, -0.05) is 12.1 Å². The van der Waals surface area contributed by atoms with Crippen LogP contribution in [0.15, 0.2) is 37.1 Å². The monoisotopic (exact) mass is 327 g/mol. The Labute approximate surface area is 140 Å². The molecular weight excluding hydrogens is 306 g/mol. The summed E-state index contributed by atoms with van der Waals surface area (Å²) in [4.78, 5) is 26.3. The van der Waals surface area contributed by atoms with Crippen molar-refractivity contribution < 1.29 is 14.3 Å². The van der Waals surface area contributed by atoms with Crippen molar-refractivity contribution in [1.82, 2.24) is 9.78 Å². The molecule has 1 unspecified atom stereocenters. The Morgan fingerprint density at radius 1 is 1.42 bits per heavy atom. The molecule has 2 heterocycles. The second-order valence-corrected chi connectivity index (χ2v) is 6.95. The van der Waals surface area contributed by atoms with Crippen LogP contribution in [-0.4, -0.2) is 33.9 Å². The summed E-state index contributed by atoms with van der Waals surface area (Å²) in [5.74, 6) is 0.200. The molecule has 1 aromatic carbocycles. The highest BCUT2D eigenvalue weighted by Crippen LogP contribution is 2.32. The number of aromatic nitrogens is 2. The van der Waals surface area contributed by atoms with Gasteiger partial charge >= 0.3 is 6.09 Å². The summed E-state index contributed by atoms with van der Waals surface area (Å²) in [7, 11) is 0. The first-order chi connectivity index (χ1) is 11.3. The molecule has 0 N–H and O–H groups in total. The first-order valence-corrected chi connectivity index (χ1v) is 7.93. The lowest BCUT2D eigenvalue weighted by molar-refractivity contribution is -0.117. The lowest BCUT2D eigenvalue weighted by Crippen LogP contribution is -2.27. The van der Waals surface area contributed by atoms with E-state index in [0.29, 0.717) is 18.5 Å². The number of benzene rings is 1. The Kier molecular flexibility index (Phi) is 3.91. The molecule has 3 rings (SSSR count). The summed E-state index contributed by atoms with van der Waals surface area (Å²) in [6.45, 7) is 9.79. The number of anilines is 1. The number of amides is 1. The van der Waals surface area contributed by atoms with Crippen molar-refractivity contribution in [3.63, 3.8) is 0 Å². The zero-order chi connectivity index (χ0) is 17.5. The topological polar surface area (TPSA) is 64.4 Å². The molecule has 1 amide bonds. The third-order valence-corrected chi connectivity index (χ3v) is 3.94. The van der Waals surface area contributed by atoms with Crippen LogP contribution in [0, 0.1) is 5.92 Å². The van der Waals surface area contributed by atoms with Crippen molar-refractivity contribution >= 4 is 28.6 Å². The highest BCUT2D eigenvalue weighted by atomic mass is 16.6. The molecule has 0 aliphatic carbocycles. The van der Waals surface area contributed by atoms with E-state index in [1.165, 1.54) is 4.68 Å². The Hall–Kier alpha value is -2.63. The first-order valence-electron chi connectivity index (χ1n) is 7.93. The van der Waals surface area contributed by atoms with E-state index in [9.17, 15) is 9.59 Å². The van der Waals surface area contributed by atoms with Crippen LogP contribution in [-0.2, 0) is 9.53 Å². The summed E-state index contributed by atoms with van der Waals surface area (Å²) in [6, 6.07) is 5.48. The molecule has 1 fully saturated rings. The smallest absolute Gasteiger partial charge is 0.435 e. The van der Waals surface area contributed by atoms with Gasteiger partial charge in [0.05, 0.1) is 17.4 Å². The Bertz CT molecular complexity index is 817. The summed E-state index contributed by atoms with van der Waals surface area (Å²) in [6.07, 6.45) is 3.33. The molecule has 1 aliphatic rings. The largest absolute Gasteiger partial charge is 0.442 e. The predicted octanol–water partition coefficient (Wildman–Crippen LogP) is 3.36. The van der Waals surface area contributed by atoms with Crippen LogP contribution < -0.4 is 4.90 Å². The average Bonchev–Trinajstić information content (AvgIpc) is 3.08. The maximum Gasteiger partial charge on any atom is 0.435 e. The van der Waals surface area contributed by atoms with Gasteiger partial charge in [-0.25, -0.2) is 4.79 Å². The van der Waals surface area contributed by atoms with Gasteiger partial charge in [-0.05, 0) is 32.9 Å². The number of carbonyl (C=O) groups excluding carboxylic acids is 2. The number of hydrogen-bond donors (Lipinski definition) is 0. The molecule has 24 heavy (non-hydrogen) atoms. The van der Waals surface area contributed by atoms with Gasteiger partial charge in [0.2, 0.25) is 5.91 Å². The lowest BCUT2D eigenvalue weighted by Gasteiger charge is -2.19. The Balaban J connectivity index is 2.00. The van der Waals surface area contributed by atoms with Crippen LogP contribution in [0.4, 0.5) is 10.5 Å². The molecular formula is C18H21N3O3. The summed E-state index contributed by atoms with van der Waals surface area (Å²) < 4.78 is 6.61. The molecule has 6 heteroatoms. The minimum absolute atomic E-state index is 0.0532. The van der Waals surface area contributed by atoms with Crippen LogP contribution in [0.5, 0.6) is 0 Å². The summed E-state index contributed by atoms with van der Waals surface area (Å²) in [5, 5.41) is 4.91. The maximum absolute atomic E-state index is 12.3. The first kappa shape index (κ1) is 16.2. The van der Waals surface area contributed by atoms with Crippen molar-refractivity contribution in [1.29, 1.82) is 0 Å². The van der Waals surface area contributed by atoms with Gasteiger partial charge in [0.15, 0.2) is 0 Å². The van der Waals surface area contributed by atoms with Crippen molar-refractivity contribution in [2.75, 3.05) is 11.4 Å². The van der Waals surface area contributed by atoms with Crippen molar-refractivity contribution in [2.24, 2.45) is 5.92 Å². The molecule has 126 valence electrons. The van der Waals surface area contributed by atoms with Crippen molar-refractivity contribution in [2.45, 2.75) is 32.8 Å². The van der Waals surface area contributed by atoms with Crippen LogP contribution in [0.25, 0.3) is 10.9 Å². The molecule has 6 nitrogen and oxygen atoms in total. The summed E-state index contributed by atoms with van der Waals surface area (Å²) in [5.41, 5.74) is 0.781. The lowest BCUT2D eigenvalue weighted by atomic mass is 10.1. The highest BCUT2D eigenvalue weighted by molar-refractivity contribution is 6.05. The SMILES string of the molecule is C=CC1CC(=O)N(c2cccc3c2cnn3C(=O)OC(C)(C)C)C1. The van der Waals surface area contributed by atoms with E-state index in [1.54, 1.807) is 37.9 Å². The summed E-state index contributed by atoms with van der Waals surface area (Å²) >= 11 is 0. The second-order valence-electron chi connectivity index (χ2n) is 6.95. The zero-order valence-corrected chi connectivity index (χ0v) is 14.2. The van der Waals surface area contributed by atoms with Crippen molar-refractivity contribution in [3.8, 4) is 0 Å². The fourth-order valence-electron chi connectivity index (χ4n) is 2.85. The highest BCUT2D eigenvalue weighted by Gasteiger charge is 2.30. The van der Waals surface area contributed by atoms with Gasteiger partial charge in [-0.2, -0.15) is 9.78 Å². The van der Waals surface area contributed by atoms with Gasteiger partial charge in [-0.3, -0.25) is 4.79 Å². The van der Waals surface area contributed by atoms with E-state index < -0.39 is 11.7 Å². The third kappa shape index (κ3) is 2.91. The van der Waals surface area contributed by atoms with E-state index in [-0.39, 0.29) is 11.8 Å². The van der Waals surface area contributed by atoms with E-state index >= 15 is 0 Å². The van der Waals surface area contributed by atoms with Crippen LogP contribution in [0.2, 0.25) is 0 Å². The molecule has 1 aromatic heterocycles. The van der Waals surface area contributed by atoms with E-state index in [2.05, 4.69) is 11.7 Å². The van der Waals surface area contributed by atoms with Crippen LogP contribution >= 0.6 is 0 Å². The van der Waals surface area contributed by atoms with Gasteiger partial charge in [-0.15, -0.1) is 6.58 Å². The fraction of sp³-hybridized carbons (Fsp3) is 0.389. The van der Waals surface area contributed by atoms with Crippen molar-refractivity contribution in [3.05, 3.63) is 37.1 Å². The normalized spacial score (nSPS) is 18.2. The Morgan fingerprint density at radius 3 is 2.79 bits per heavy atom. The molecule has 2 aromatic rings. The average molecular weight is 327 g/mol. The number of fused-ring (bicyclic) bond motifs is 1. The number of ether oxygens (including phenoxy) is 1.